The highest BCUT2D eigenvalue weighted by Gasteiger charge is 2.48. The fraction of sp³-hybridized carbons (Fsp3) is 0.382. The molecule has 9 heterocycles. The van der Waals surface area contributed by atoms with Crippen molar-refractivity contribution in [3.05, 3.63) is 143 Å². The fourth-order valence-electron chi connectivity index (χ4n) is 12.8. The van der Waals surface area contributed by atoms with Gasteiger partial charge in [0.1, 0.15) is 121 Å². The Morgan fingerprint density at radius 2 is 0.583 bits per heavy atom. The Hall–Kier alpha value is -7.86. The summed E-state index contributed by atoms with van der Waals surface area (Å²) in [6.07, 6.45) is -23.7. The predicted molar refractivity (Wildman–Crippen MR) is 337 cm³/mol. The second kappa shape index (κ2) is 27.9. The molecule has 20 atom stereocenters. The molecule has 6 aromatic rings. The van der Waals surface area contributed by atoms with Crippen molar-refractivity contribution in [3.63, 3.8) is 0 Å². The topological polar surface area (TPSA) is 455 Å². The maximum atomic E-state index is 11.1. The smallest absolute Gasteiger partial charge is 0.229 e. The molecule has 96 heavy (non-hydrogen) atoms. The van der Waals surface area contributed by atoms with Crippen molar-refractivity contribution in [1.82, 2.24) is 19.9 Å². The zero-order chi connectivity index (χ0) is 67.4. The van der Waals surface area contributed by atoms with Gasteiger partial charge in [-0.25, -0.2) is 9.97 Å². The van der Waals surface area contributed by atoms with E-state index in [0.29, 0.717) is 103 Å². The van der Waals surface area contributed by atoms with Crippen LogP contribution in [0.2, 0.25) is 0 Å². The van der Waals surface area contributed by atoms with Crippen LogP contribution in [0.25, 0.3) is 79.8 Å². The average molecular weight is 1330 g/mol. The van der Waals surface area contributed by atoms with Crippen LogP contribution < -0.4 is 18.9 Å². The highest BCUT2D eigenvalue weighted by Crippen LogP contribution is 2.42. The molecular weight excluding hydrogens is 1260 g/mol. The van der Waals surface area contributed by atoms with Crippen molar-refractivity contribution in [2.45, 2.75) is 136 Å². The van der Waals surface area contributed by atoms with Gasteiger partial charge in [-0.1, -0.05) is 48.5 Å². The number of aliphatic hydroxyl groups is 16. The van der Waals surface area contributed by atoms with Gasteiger partial charge in [-0.3, -0.25) is 0 Å². The van der Waals surface area contributed by atoms with Gasteiger partial charge in [0.05, 0.1) is 49.2 Å². The molecule has 4 unspecified atom stereocenters. The van der Waals surface area contributed by atoms with Crippen LogP contribution in [0.4, 0.5) is 0 Å². The van der Waals surface area contributed by atoms with Crippen LogP contribution in [0.5, 0.6) is 23.0 Å². The van der Waals surface area contributed by atoms with E-state index in [0.717, 1.165) is 0 Å². The summed E-state index contributed by atoms with van der Waals surface area (Å²) in [6.45, 7) is -2.76. The molecule has 8 bridgehead atoms. The summed E-state index contributed by atoms with van der Waals surface area (Å²) >= 11 is 0. The molecule has 28 heteroatoms. The van der Waals surface area contributed by atoms with Crippen LogP contribution in [-0.4, -0.2) is 251 Å². The number of aromatic amines is 2. The normalized spacial score (nSPS) is 31.6. The number of fused-ring (bicyclic) bond motifs is 8. The number of aryl methyl sites for hydroxylation is 2. The van der Waals surface area contributed by atoms with Gasteiger partial charge in [0, 0.05) is 44.7 Å². The van der Waals surface area contributed by atoms with E-state index in [2.05, 4.69) is 9.97 Å². The average Bonchev–Trinajstić information content (AvgIpc) is 1.58. The third kappa shape index (κ3) is 12.9. The zero-order valence-electron chi connectivity index (χ0n) is 50.8. The Morgan fingerprint density at radius 1 is 0.323 bits per heavy atom. The van der Waals surface area contributed by atoms with Crippen molar-refractivity contribution in [1.29, 1.82) is 0 Å². The van der Waals surface area contributed by atoms with Gasteiger partial charge in [0.25, 0.3) is 0 Å². The second-order valence-corrected chi connectivity index (χ2v) is 24.2. The molecule has 13 rings (SSSR count). The molecule has 18 N–H and O–H groups in total. The van der Waals surface area contributed by atoms with Gasteiger partial charge in [0.15, 0.2) is 0 Å². The number of hydrogen-bond donors (Lipinski definition) is 18. The number of aromatic nitrogens is 4. The number of aliphatic hydroxyl groups excluding tert-OH is 16. The third-order valence-corrected chi connectivity index (χ3v) is 18.0. The van der Waals surface area contributed by atoms with E-state index in [9.17, 15) is 81.7 Å². The summed E-state index contributed by atoms with van der Waals surface area (Å²) in [6, 6.07) is 30.6. The Labute approximate surface area is 545 Å². The summed E-state index contributed by atoms with van der Waals surface area (Å²) in [5.74, 6) is 0.594. The molecule has 0 amide bonds. The molecule has 0 radical (unpaired) electrons. The van der Waals surface area contributed by atoms with Crippen LogP contribution in [0, 0.1) is 0 Å². The maximum Gasteiger partial charge on any atom is 0.229 e. The van der Waals surface area contributed by atoms with Crippen LogP contribution >= 0.6 is 0 Å². The van der Waals surface area contributed by atoms with Gasteiger partial charge in [-0.05, 0) is 120 Å². The highest BCUT2D eigenvalue weighted by atomic mass is 16.7. The summed E-state index contributed by atoms with van der Waals surface area (Å²) in [5, 5.41) is 169. The van der Waals surface area contributed by atoms with Gasteiger partial charge >= 0.3 is 0 Å². The van der Waals surface area contributed by atoms with E-state index in [1.807, 2.05) is 36.4 Å². The van der Waals surface area contributed by atoms with E-state index in [4.69, 9.17) is 47.9 Å². The fourth-order valence-corrected chi connectivity index (χ4v) is 12.8. The lowest BCUT2D eigenvalue weighted by Crippen LogP contribution is -2.60. The first-order chi connectivity index (χ1) is 46.3. The Morgan fingerprint density at radius 3 is 0.854 bits per heavy atom. The van der Waals surface area contributed by atoms with Crippen molar-refractivity contribution in [2.75, 3.05) is 26.4 Å². The van der Waals surface area contributed by atoms with Gasteiger partial charge in [0.2, 0.25) is 25.2 Å². The molecule has 0 saturated carbocycles. The van der Waals surface area contributed by atoms with E-state index in [-0.39, 0.29) is 23.0 Å². The molecule has 2 aromatic heterocycles. The number of nitrogens with one attached hydrogen (secondary N) is 2. The minimum Gasteiger partial charge on any atom is -0.462 e. The lowest BCUT2D eigenvalue weighted by molar-refractivity contribution is -0.277. The SMILES string of the molecule is OC[C@H]1OC(Oc2cccc(-c3c4nc(c(-c5cccc(OC6O[C@H](CO)[C@H](O)[C@H](O)[C@H]6O)c5)c5ccc([nH]5)c(-c5cccc(OC6O[C@H](CO)[C@H](O)[C@H](O)[C@H]6O)c5)c5nc(c(-c6cccc(OC7O[C@H](CO)[C@H](O)[C@H](O)[C@H]7O)c6)c6[nH]c3CC6)C=C5)C=C4)c2)[C@H](O)[C@@H](O)[C@H]1O. The van der Waals surface area contributed by atoms with Crippen molar-refractivity contribution < 1.29 is 120 Å². The molecule has 4 fully saturated rings. The molecule has 28 nitrogen and oxygen atoms in total. The highest BCUT2D eigenvalue weighted by molar-refractivity contribution is 5.97. The van der Waals surface area contributed by atoms with Crippen molar-refractivity contribution in [3.8, 4) is 67.5 Å². The lowest BCUT2D eigenvalue weighted by Gasteiger charge is -2.39. The third-order valence-electron chi connectivity index (χ3n) is 18.0. The summed E-state index contributed by atoms with van der Waals surface area (Å²) in [7, 11) is 0. The largest absolute Gasteiger partial charge is 0.462 e. The zero-order valence-corrected chi connectivity index (χ0v) is 50.8. The first-order valence-electron chi connectivity index (χ1n) is 31.1. The molecule has 508 valence electrons. The van der Waals surface area contributed by atoms with Gasteiger partial charge < -0.3 is 130 Å². The van der Waals surface area contributed by atoms with Crippen LogP contribution in [-0.2, 0) is 31.8 Å². The lowest BCUT2D eigenvalue weighted by atomic mass is 9.98. The van der Waals surface area contributed by atoms with E-state index >= 15 is 0 Å². The number of H-pyrrole nitrogens is 2. The molecule has 0 spiro atoms. The number of hydrogen-bond acceptors (Lipinski definition) is 26. The molecule has 7 aliphatic rings. The van der Waals surface area contributed by atoms with E-state index < -0.39 is 149 Å². The number of benzene rings is 4. The second-order valence-electron chi connectivity index (χ2n) is 24.2. The monoisotopic (exact) mass is 1330 g/mol. The summed E-state index contributed by atoms with van der Waals surface area (Å²) in [5.41, 5.74) is 8.08. The Bertz CT molecular complexity index is 3830. The molecule has 0 aliphatic carbocycles. The molecule has 4 saturated heterocycles. The molecule has 7 aliphatic heterocycles. The van der Waals surface area contributed by atoms with Crippen molar-refractivity contribution in [2.24, 2.45) is 0 Å². The summed E-state index contributed by atoms with van der Waals surface area (Å²) in [4.78, 5) is 18.1. The standard InChI is InChI=1S/C68H72N4O24/c73-25-45-53(77)57(81)61(85)65(93-45)89-33-9-1-5-29(21-33)49-37-13-15-39(69-37)50(30-6-2-10-34(22-30)90-66-62(86)58(82)54(78)46(26-74)94-66)41-17-19-43(71-41)52(32-8-4-12-36(24-32)92-68-64(88)60(84)56(80)48(28-76)96-68)44-20-18-42(72-44)51(40-16-14-38(49)70-40)31-7-3-11-35(23-31)91-67-63(87)59(83)55(79)47(27-75)95-67/h1-17,19,21-24,45-48,53-69,72-88H,18,20,25-28H2/t45-,46-,47-,48-,53+,54+,55+,56+,57+,58+,59+,60+,61-,62-,63-,64-,65?,66?,67?,68?/m1/s1. The number of ether oxygens (including phenoxy) is 8. The first-order valence-corrected chi connectivity index (χ1v) is 31.1. The van der Waals surface area contributed by atoms with E-state index in [1.165, 1.54) is 0 Å². The Kier molecular flexibility index (Phi) is 19.4. The Balaban J connectivity index is 1.03. The van der Waals surface area contributed by atoms with Crippen molar-refractivity contribution >= 4 is 35.3 Å². The maximum absolute atomic E-state index is 11.1. The van der Waals surface area contributed by atoms with Gasteiger partial charge in [-0.15, -0.1) is 0 Å². The quantitative estimate of drug-likeness (QED) is 0.0582. The number of nitrogens with zero attached hydrogens (tertiary/aromatic N) is 2. The number of rotatable bonds is 16. The van der Waals surface area contributed by atoms with E-state index in [1.54, 1.807) is 97.1 Å². The minimum absolute atomic E-state index is 0.141. The predicted octanol–water partition coefficient (Wildman–Crippen LogP) is -0.454. The molecular formula is C68H72N4O24. The molecule has 4 aromatic carbocycles. The van der Waals surface area contributed by atoms with Crippen LogP contribution in [0.1, 0.15) is 34.2 Å². The van der Waals surface area contributed by atoms with Gasteiger partial charge in [-0.2, -0.15) is 0 Å². The first kappa shape index (κ1) is 66.7. The van der Waals surface area contributed by atoms with Crippen LogP contribution in [0.15, 0.2) is 109 Å². The van der Waals surface area contributed by atoms with Crippen LogP contribution in [0.3, 0.4) is 0 Å². The summed E-state index contributed by atoms with van der Waals surface area (Å²) < 4.78 is 47.7. The minimum atomic E-state index is -1.74.